The lowest BCUT2D eigenvalue weighted by molar-refractivity contribution is 0.173. The molecule has 1 aliphatic rings. The van der Waals surface area contributed by atoms with Gasteiger partial charge in [0, 0.05) is 6.04 Å². The number of rotatable bonds is 7. The van der Waals surface area contributed by atoms with E-state index in [1.165, 1.54) is 51.4 Å². The van der Waals surface area contributed by atoms with Crippen LogP contribution in [0.4, 0.5) is 0 Å². The standard InChI is InChI=1S/C16H33N/c1-5-6-7-8-9-16(17-4)15-11-13(2)10-14(3)12-15/h13-17H,5-12H2,1-4H3. The summed E-state index contributed by atoms with van der Waals surface area (Å²) in [7, 11) is 2.16. The highest BCUT2D eigenvalue weighted by molar-refractivity contribution is 4.83. The molecule has 0 bridgehead atoms. The molecule has 1 nitrogen and oxygen atoms in total. The number of hydrogen-bond acceptors (Lipinski definition) is 1. The van der Waals surface area contributed by atoms with Crippen molar-refractivity contribution in [2.24, 2.45) is 17.8 Å². The Hall–Kier alpha value is -0.0400. The summed E-state index contributed by atoms with van der Waals surface area (Å²) in [6.07, 6.45) is 11.3. The number of unbranched alkanes of at least 4 members (excludes halogenated alkanes) is 3. The van der Waals surface area contributed by atoms with E-state index in [-0.39, 0.29) is 0 Å². The van der Waals surface area contributed by atoms with Crippen LogP contribution in [0.2, 0.25) is 0 Å². The van der Waals surface area contributed by atoms with E-state index in [0.717, 1.165) is 23.8 Å². The van der Waals surface area contributed by atoms with Crippen LogP contribution in [0.1, 0.15) is 72.1 Å². The minimum Gasteiger partial charge on any atom is -0.317 e. The molecule has 0 aliphatic heterocycles. The molecule has 1 aliphatic carbocycles. The maximum atomic E-state index is 3.59. The molecule has 17 heavy (non-hydrogen) atoms. The van der Waals surface area contributed by atoms with E-state index in [4.69, 9.17) is 0 Å². The summed E-state index contributed by atoms with van der Waals surface area (Å²) in [4.78, 5) is 0. The van der Waals surface area contributed by atoms with E-state index in [1.54, 1.807) is 0 Å². The van der Waals surface area contributed by atoms with Crippen LogP contribution in [0.25, 0.3) is 0 Å². The molecule has 1 heteroatoms. The second-order valence-electron chi connectivity index (χ2n) is 6.42. The Bertz CT molecular complexity index is 180. The van der Waals surface area contributed by atoms with Gasteiger partial charge in [-0.25, -0.2) is 0 Å². The zero-order valence-electron chi connectivity index (χ0n) is 12.5. The number of hydrogen-bond donors (Lipinski definition) is 1. The van der Waals surface area contributed by atoms with Crippen molar-refractivity contribution in [1.29, 1.82) is 0 Å². The number of nitrogens with one attached hydrogen (secondary N) is 1. The van der Waals surface area contributed by atoms with Crippen molar-refractivity contribution in [1.82, 2.24) is 5.32 Å². The molecule has 1 rings (SSSR count). The van der Waals surface area contributed by atoms with Crippen molar-refractivity contribution in [3.05, 3.63) is 0 Å². The average Bonchev–Trinajstić information content (AvgIpc) is 2.28. The summed E-state index contributed by atoms with van der Waals surface area (Å²) >= 11 is 0. The second-order valence-corrected chi connectivity index (χ2v) is 6.42. The van der Waals surface area contributed by atoms with Crippen molar-refractivity contribution in [2.45, 2.75) is 78.2 Å². The lowest BCUT2D eigenvalue weighted by atomic mass is 9.73. The summed E-state index contributed by atoms with van der Waals surface area (Å²) in [6.45, 7) is 7.17. The van der Waals surface area contributed by atoms with E-state index in [9.17, 15) is 0 Å². The van der Waals surface area contributed by atoms with Gasteiger partial charge < -0.3 is 5.32 Å². The molecule has 0 saturated heterocycles. The van der Waals surface area contributed by atoms with Gasteiger partial charge in [0.1, 0.15) is 0 Å². The second kappa shape index (κ2) is 8.13. The van der Waals surface area contributed by atoms with Crippen molar-refractivity contribution in [3.63, 3.8) is 0 Å². The minimum absolute atomic E-state index is 0.775. The lowest BCUT2D eigenvalue weighted by Gasteiger charge is -2.36. The molecular formula is C16H33N. The quantitative estimate of drug-likeness (QED) is 0.639. The van der Waals surface area contributed by atoms with Crippen LogP contribution < -0.4 is 5.32 Å². The summed E-state index contributed by atoms with van der Waals surface area (Å²) < 4.78 is 0. The highest BCUT2D eigenvalue weighted by Crippen LogP contribution is 2.35. The Morgan fingerprint density at radius 3 is 2.18 bits per heavy atom. The monoisotopic (exact) mass is 239 g/mol. The highest BCUT2D eigenvalue weighted by Gasteiger charge is 2.28. The van der Waals surface area contributed by atoms with Crippen LogP contribution in [0.15, 0.2) is 0 Å². The Labute approximate surface area is 109 Å². The molecule has 102 valence electrons. The van der Waals surface area contributed by atoms with E-state index in [1.807, 2.05) is 0 Å². The van der Waals surface area contributed by atoms with E-state index >= 15 is 0 Å². The van der Waals surface area contributed by atoms with Crippen molar-refractivity contribution in [3.8, 4) is 0 Å². The van der Waals surface area contributed by atoms with Crippen LogP contribution in [0.3, 0.4) is 0 Å². The SMILES string of the molecule is CCCCCCC(NC)C1CC(C)CC(C)C1. The first kappa shape index (κ1) is 15.0. The zero-order valence-corrected chi connectivity index (χ0v) is 12.5. The first-order valence-corrected chi connectivity index (χ1v) is 7.84. The van der Waals surface area contributed by atoms with Gasteiger partial charge in [-0.15, -0.1) is 0 Å². The van der Waals surface area contributed by atoms with Gasteiger partial charge in [0.2, 0.25) is 0 Å². The predicted molar refractivity (Wildman–Crippen MR) is 77.3 cm³/mol. The molecule has 1 fully saturated rings. The van der Waals surface area contributed by atoms with Gasteiger partial charge >= 0.3 is 0 Å². The summed E-state index contributed by atoms with van der Waals surface area (Å²) in [5.74, 6) is 2.81. The third kappa shape index (κ3) is 5.42. The van der Waals surface area contributed by atoms with Crippen molar-refractivity contribution < 1.29 is 0 Å². The molecule has 3 atom stereocenters. The van der Waals surface area contributed by atoms with E-state index in [0.29, 0.717) is 0 Å². The maximum absolute atomic E-state index is 3.59. The molecule has 0 heterocycles. The fraction of sp³-hybridized carbons (Fsp3) is 1.00. The van der Waals surface area contributed by atoms with Crippen molar-refractivity contribution in [2.75, 3.05) is 7.05 Å². The van der Waals surface area contributed by atoms with Crippen LogP contribution in [0.5, 0.6) is 0 Å². The Balaban J connectivity index is 2.32. The lowest BCUT2D eigenvalue weighted by Crippen LogP contribution is -2.37. The zero-order chi connectivity index (χ0) is 12.7. The fourth-order valence-electron chi connectivity index (χ4n) is 3.74. The molecule has 0 aromatic heterocycles. The summed E-state index contributed by atoms with van der Waals surface area (Å²) in [5, 5.41) is 3.59. The molecule has 0 amide bonds. The Kier molecular flexibility index (Phi) is 7.18. The third-order valence-corrected chi connectivity index (χ3v) is 4.52. The van der Waals surface area contributed by atoms with Gasteiger partial charge in [-0.2, -0.15) is 0 Å². The molecule has 0 radical (unpaired) electrons. The maximum Gasteiger partial charge on any atom is 0.00925 e. The molecule has 0 aromatic rings. The van der Waals surface area contributed by atoms with E-state index < -0.39 is 0 Å². The molecule has 3 unspecified atom stereocenters. The molecule has 0 aromatic carbocycles. The Morgan fingerprint density at radius 2 is 1.65 bits per heavy atom. The van der Waals surface area contributed by atoms with Gasteiger partial charge in [-0.05, 0) is 50.5 Å². The summed E-state index contributed by atoms with van der Waals surface area (Å²) in [5.41, 5.74) is 0. The van der Waals surface area contributed by atoms with Gasteiger partial charge in [0.25, 0.3) is 0 Å². The third-order valence-electron chi connectivity index (χ3n) is 4.52. The van der Waals surface area contributed by atoms with Gasteiger partial charge in [0.15, 0.2) is 0 Å². The van der Waals surface area contributed by atoms with E-state index in [2.05, 4.69) is 33.1 Å². The normalized spacial score (nSPS) is 31.4. The first-order chi connectivity index (χ1) is 8.17. The molecular weight excluding hydrogens is 206 g/mol. The minimum atomic E-state index is 0.775. The Morgan fingerprint density at radius 1 is 1.00 bits per heavy atom. The highest BCUT2D eigenvalue weighted by atomic mass is 14.9. The van der Waals surface area contributed by atoms with Gasteiger partial charge in [0.05, 0.1) is 0 Å². The van der Waals surface area contributed by atoms with Crippen LogP contribution in [-0.4, -0.2) is 13.1 Å². The average molecular weight is 239 g/mol. The fourth-order valence-corrected chi connectivity index (χ4v) is 3.74. The summed E-state index contributed by atoms with van der Waals surface area (Å²) in [6, 6.07) is 0.775. The smallest absolute Gasteiger partial charge is 0.00925 e. The largest absolute Gasteiger partial charge is 0.317 e. The molecule has 0 spiro atoms. The van der Waals surface area contributed by atoms with Crippen molar-refractivity contribution >= 4 is 0 Å². The first-order valence-electron chi connectivity index (χ1n) is 7.84. The van der Waals surface area contributed by atoms with Crippen LogP contribution >= 0.6 is 0 Å². The van der Waals surface area contributed by atoms with Gasteiger partial charge in [-0.3, -0.25) is 0 Å². The topological polar surface area (TPSA) is 12.0 Å². The van der Waals surface area contributed by atoms with Gasteiger partial charge in [-0.1, -0.05) is 46.5 Å². The molecule has 1 N–H and O–H groups in total. The van der Waals surface area contributed by atoms with Crippen LogP contribution in [0, 0.1) is 17.8 Å². The predicted octanol–water partition coefficient (Wildman–Crippen LogP) is 4.62. The molecule has 1 saturated carbocycles. The van der Waals surface area contributed by atoms with Crippen LogP contribution in [-0.2, 0) is 0 Å².